The number of hydrogen-bond donors (Lipinski definition) is 1. The number of aryl methyl sites for hydroxylation is 3. The highest BCUT2D eigenvalue weighted by Crippen LogP contribution is 2.34. The van der Waals surface area contributed by atoms with Crippen molar-refractivity contribution in [3.63, 3.8) is 0 Å². The molecular weight excluding hydrogens is 340 g/mol. The van der Waals surface area contributed by atoms with E-state index in [0.29, 0.717) is 12.1 Å². The first-order valence-corrected chi connectivity index (χ1v) is 9.18. The molecule has 0 unspecified atom stereocenters. The van der Waals surface area contributed by atoms with Gasteiger partial charge in [-0.25, -0.2) is 19.7 Å². The fourth-order valence-corrected chi connectivity index (χ4v) is 3.52. The van der Waals surface area contributed by atoms with Gasteiger partial charge in [-0.1, -0.05) is 6.92 Å². The van der Waals surface area contributed by atoms with Gasteiger partial charge in [-0.3, -0.25) is 0 Å². The van der Waals surface area contributed by atoms with Crippen molar-refractivity contribution in [3.8, 4) is 0 Å². The van der Waals surface area contributed by atoms with E-state index in [1.807, 2.05) is 46.8 Å². The minimum Gasteiger partial charge on any atom is -0.458 e. The van der Waals surface area contributed by atoms with E-state index >= 15 is 0 Å². The summed E-state index contributed by atoms with van der Waals surface area (Å²) in [6.45, 7) is 9.61. The second kappa shape index (κ2) is 6.30. The molecule has 1 aromatic carbocycles. The number of aromatic amines is 1. The van der Waals surface area contributed by atoms with Crippen molar-refractivity contribution in [2.45, 2.75) is 47.1 Å². The molecule has 1 N–H and O–H groups in total. The third-order valence-electron chi connectivity index (χ3n) is 4.84. The molecule has 0 saturated heterocycles. The number of pyridine rings is 1. The number of nitrogens with one attached hydrogen (secondary N) is 1. The minimum absolute atomic E-state index is 0.194. The van der Waals surface area contributed by atoms with Crippen LogP contribution in [-0.2, 0) is 11.2 Å². The average molecular weight is 362 g/mol. The summed E-state index contributed by atoms with van der Waals surface area (Å²) in [4.78, 5) is 29.9. The molecule has 0 atom stereocenters. The van der Waals surface area contributed by atoms with Crippen LogP contribution in [0.4, 0.5) is 0 Å². The Balaban J connectivity index is 2.12. The van der Waals surface area contributed by atoms with Crippen LogP contribution >= 0.6 is 0 Å². The van der Waals surface area contributed by atoms with Crippen molar-refractivity contribution in [2.75, 3.05) is 0 Å². The van der Waals surface area contributed by atoms with Gasteiger partial charge in [0.05, 0.1) is 40.2 Å². The van der Waals surface area contributed by atoms with Crippen molar-refractivity contribution < 1.29 is 9.53 Å². The number of carbonyl (C=O) groups is 1. The van der Waals surface area contributed by atoms with Crippen LogP contribution in [0.25, 0.3) is 32.8 Å². The first-order valence-electron chi connectivity index (χ1n) is 9.18. The number of rotatable bonds is 3. The number of carbonyl (C=O) groups excluding carboxylic acids is 1. The van der Waals surface area contributed by atoms with E-state index in [1.54, 1.807) is 6.20 Å². The van der Waals surface area contributed by atoms with Gasteiger partial charge in [0.25, 0.3) is 0 Å². The lowest BCUT2D eigenvalue weighted by molar-refractivity contribution is 0.0370. The van der Waals surface area contributed by atoms with E-state index in [0.717, 1.165) is 49.8 Å². The number of H-pyrrole nitrogens is 1. The standard InChI is InChI=1S/C21H22N4O2/c1-6-13-17-16(9-22-19(13)21(26)27-10(2)3)25-14-7-8-15-20(18(14)17)24-12(5)11(4)23-15/h7-10,25H,6H2,1-5H3. The first-order chi connectivity index (χ1) is 12.9. The zero-order valence-corrected chi connectivity index (χ0v) is 16.2. The summed E-state index contributed by atoms with van der Waals surface area (Å²) in [6, 6.07) is 3.98. The van der Waals surface area contributed by atoms with Crippen LogP contribution in [0.1, 0.15) is 48.2 Å². The van der Waals surface area contributed by atoms with Crippen molar-refractivity contribution in [1.82, 2.24) is 19.9 Å². The Bertz CT molecular complexity index is 1210. The Hall–Kier alpha value is -3.02. The molecular formula is C21H22N4O2. The number of esters is 1. The molecule has 6 nitrogen and oxygen atoms in total. The summed E-state index contributed by atoms with van der Waals surface area (Å²) in [7, 11) is 0. The highest BCUT2D eigenvalue weighted by atomic mass is 16.5. The zero-order chi connectivity index (χ0) is 19.3. The topological polar surface area (TPSA) is 80.8 Å². The fourth-order valence-electron chi connectivity index (χ4n) is 3.52. The Morgan fingerprint density at radius 3 is 2.56 bits per heavy atom. The third kappa shape index (κ3) is 2.72. The van der Waals surface area contributed by atoms with Crippen LogP contribution in [-0.4, -0.2) is 32.0 Å². The predicted molar refractivity (Wildman–Crippen MR) is 106 cm³/mol. The highest BCUT2D eigenvalue weighted by molar-refractivity contribution is 6.20. The van der Waals surface area contributed by atoms with Crippen molar-refractivity contribution in [3.05, 3.63) is 41.0 Å². The fraction of sp³-hybridized carbons (Fsp3) is 0.333. The monoisotopic (exact) mass is 362 g/mol. The van der Waals surface area contributed by atoms with Gasteiger partial charge in [-0.05, 0) is 51.8 Å². The van der Waals surface area contributed by atoms with Gasteiger partial charge in [0.15, 0.2) is 5.69 Å². The summed E-state index contributed by atoms with van der Waals surface area (Å²) in [6.07, 6.45) is 2.17. The van der Waals surface area contributed by atoms with Crippen LogP contribution in [0.3, 0.4) is 0 Å². The van der Waals surface area contributed by atoms with Gasteiger partial charge in [-0.15, -0.1) is 0 Å². The second-order valence-corrected chi connectivity index (χ2v) is 7.06. The Morgan fingerprint density at radius 2 is 1.85 bits per heavy atom. The molecule has 3 aromatic heterocycles. The SMILES string of the molecule is CCc1c(C(=O)OC(C)C)ncc2[nH]c3ccc4nc(C)c(C)nc4c3c12. The first kappa shape index (κ1) is 17.4. The van der Waals surface area contributed by atoms with E-state index in [2.05, 4.69) is 15.0 Å². The molecule has 6 heteroatoms. The summed E-state index contributed by atoms with van der Waals surface area (Å²) in [5.74, 6) is -0.392. The van der Waals surface area contributed by atoms with Crippen molar-refractivity contribution >= 4 is 38.8 Å². The largest absolute Gasteiger partial charge is 0.458 e. The van der Waals surface area contributed by atoms with Crippen LogP contribution in [0.2, 0.25) is 0 Å². The normalized spacial score (nSPS) is 11.8. The molecule has 0 amide bonds. The molecule has 0 aliphatic rings. The molecule has 0 aliphatic heterocycles. The molecule has 0 fully saturated rings. The van der Waals surface area contributed by atoms with Crippen LogP contribution in [0.15, 0.2) is 18.3 Å². The van der Waals surface area contributed by atoms with E-state index in [1.165, 1.54) is 0 Å². The zero-order valence-electron chi connectivity index (χ0n) is 16.2. The molecule has 3 heterocycles. The Morgan fingerprint density at radius 1 is 1.11 bits per heavy atom. The maximum Gasteiger partial charge on any atom is 0.357 e. The van der Waals surface area contributed by atoms with Crippen LogP contribution in [0, 0.1) is 13.8 Å². The average Bonchev–Trinajstić information content (AvgIpc) is 3.00. The Labute approximate surface area is 157 Å². The van der Waals surface area contributed by atoms with E-state index in [-0.39, 0.29) is 6.10 Å². The van der Waals surface area contributed by atoms with Crippen molar-refractivity contribution in [1.29, 1.82) is 0 Å². The quantitative estimate of drug-likeness (QED) is 0.546. The lowest BCUT2D eigenvalue weighted by Gasteiger charge is -2.11. The maximum atomic E-state index is 12.6. The molecule has 138 valence electrons. The molecule has 0 spiro atoms. The lowest BCUT2D eigenvalue weighted by Crippen LogP contribution is -2.15. The van der Waals surface area contributed by atoms with Crippen LogP contribution in [0.5, 0.6) is 0 Å². The smallest absolute Gasteiger partial charge is 0.357 e. The second-order valence-electron chi connectivity index (χ2n) is 7.06. The molecule has 4 rings (SSSR count). The summed E-state index contributed by atoms with van der Waals surface area (Å²) in [5, 5.41) is 1.96. The maximum absolute atomic E-state index is 12.6. The van der Waals surface area contributed by atoms with Crippen molar-refractivity contribution in [2.24, 2.45) is 0 Å². The van der Waals surface area contributed by atoms with E-state index in [4.69, 9.17) is 9.72 Å². The molecule has 0 radical (unpaired) electrons. The summed E-state index contributed by atoms with van der Waals surface area (Å²) in [5.41, 5.74) is 6.58. The number of nitrogens with zero attached hydrogens (tertiary/aromatic N) is 3. The van der Waals surface area contributed by atoms with E-state index in [9.17, 15) is 4.79 Å². The molecule has 0 saturated carbocycles. The number of aromatic nitrogens is 4. The van der Waals surface area contributed by atoms with Gasteiger partial charge in [0.2, 0.25) is 0 Å². The number of fused-ring (bicyclic) bond motifs is 5. The lowest BCUT2D eigenvalue weighted by atomic mass is 10.0. The van der Waals surface area contributed by atoms with Gasteiger partial charge >= 0.3 is 5.97 Å². The molecule has 4 aromatic rings. The molecule has 0 aliphatic carbocycles. The summed E-state index contributed by atoms with van der Waals surface area (Å²) >= 11 is 0. The molecule has 0 bridgehead atoms. The van der Waals surface area contributed by atoms with Gasteiger partial charge in [0.1, 0.15) is 0 Å². The minimum atomic E-state index is -0.392. The van der Waals surface area contributed by atoms with Gasteiger partial charge < -0.3 is 9.72 Å². The molecule has 27 heavy (non-hydrogen) atoms. The van der Waals surface area contributed by atoms with Gasteiger partial charge in [-0.2, -0.15) is 0 Å². The number of benzene rings is 1. The summed E-state index contributed by atoms with van der Waals surface area (Å²) < 4.78 is 5.40. The predicted octanol–water partition coefficient (Wildman–Crippen LogP) is 4.40. The number of hydrogen-bond acceptors (Lipinski definition) is 5. The third-order valence-corrected chi connectivity index (χ3v) is 4.84. The van der Waals surface area contributed by atoms with E-state index < -0.39 is 5.97 Å². The highest BCUT2D eigenvalue weighted by Gasteiger charge is 2.21. The number of ether oxygens (including phenoxy) is 1. The van der Waals surface area contributed by atoms with Crippen LogP contribution < -0.4 is 0 Å². The Kier molecular flexibility index (Phi) is 4.06. The van der Waals surface area contributed by atoms with Gasteiger partial charge in [0, 0.05) is 16.3 Å².